The van der Waals surface area contributed by atoms with Crippen LogP contribution < -0.4 is 0 Å². The van der Waals surface area contributed by atoms with Gasteiger partial charge in [-0.2, -0.15) is 0 Å². The van der Waals surface area contributed by atoms with E-state index in [1.165, 1.54) is 10.3 Å². The van der Waals surface area contributed by atoms with Crippen molar-refractivity contribution in [2.75, 3.05) is 26.2 Å². The Bertz CT molecular complexity index is 852. The molecule has 4 rings (SSSR count). The molecule has 2 aromatic carbocycles. The van der Waals surface area contributed by atoms with Gasteiger partial charge in [0.1, 0.15) is 0 Å². The molecular weight excluding hydrogens is 354 g/mol. The van der Waals surface area contributed by atoms with Crippen molar-refractivity contribution in [1.29, 1.82) is 0 Å². The third-order valence-corrected chi connectivity index (χ3v) is 6.19. The summed E-state index contributed by atoms with van der Waals surface area (Å²) < 4.78 is 1.23. The quantitative estimate of drug-likeness (QED) is 0.650. The predicted octanol–water partition coefficient (Wildman–Crippen LogP) is 3.96. The second kappa shape index (κ2) is 8.63. The molecule has 0 aliphatic carbocycles. The summed E-state index contributed by atoms with van der Waals surface area (Å²) in [5.41, 5.74) is 2.41. The van der Waals surface area contributed by atoms with E-state index in [1.54, 1.807) is 11.3 Å². The fourth-order valence-corrected chi connectivity index (χ4v) is 4.58. The van der Waals surface area contributed by atoms with Gasteiger partial charge in [0.25, 0.3) is 0 Å². The van der Waals surface area contributed by atoms with Gasteiger partial charge in [0, 0.05) is 39.1 Å². The number of thiazole rings is 1. The maximum Gasteiger partial charge on any atom is 0.222 e. The predicted molar refractivity (Wildman–Crippen MR) is 111 cm³/mol. The van der Waals surface area contributed by atoms with Gasteiger partial charge in [0.15, 0.2) is 0 Å². The highest BCUT2D eigenvalue weighted by Crippen LogP contribution is 2.23. The van der Waals surface area contributed by atoms with Crippen molar-refractivity contribution in [3.8, 4) is 0 Å². The number of para-hydroxylation sites is 1. The fourth-order valence-electron chi connectivity index (χ4n) is 3.57. The van der Waals surface area contributed by atoms with Crippen LogP contribution in [0.4, 0.5) is 0 Å². The third kappa shape index (κ3) is 4.73. The number of hydrogen-bond acceptors (Lipinski definition) is 4. The number of benzene rings is 2. The number of aryl methyl sites for hydroxylation is 1. The van der Waals surface area contributed by atoms with Gasteiger partial charge in [-0.05, 0) is 30.5 Å². The molecule has 1 saturated heterocycles. The molecule has 5 heteroatoms. The van der Waals surface area contributed by atoms with Crippen LogP contribution in [0.1, 0.15) is 23.4 Å². The summed E-state index contributed by atoms with van der Waals surface area (Å²) in [7, 11) is 0. The molecule has 27 heavy (non-hydrogen) atoms. The van der Waals surface area contributed by atoms with Gasteiger partial charge in [-0.1, -0.05) is 42.5 Å². The lowest BCUT2D eigenvalue weighted by Gasteiger charge is -2.34. The Morgan fingerprint density at radius 1 is 0.963 bits per heavy atom. The van der Waals surface area contributed by atoms with Crippen LogP contribution in [0.2, 0.25) is 0 Å². The largest absolute Gasteiger partial charge is 0.340 e. The number of nitrogens with zero attached hydrogens (tertiary/aromatic N) is 3. The monoisotopic (exact) mass is 379 g/mol. The number of piperazine rings is 1. The van der Waals surface area contributed by atoms with Crippen molar-refractivity contribution in [3.63, 3.8) is 0 Å². The molecule has 0 unspecified atom stereocenters. The summed E-state index contributed by atoms with van der Waals surface area (Å²) in [6.07, 6.45) is 2.39. The lowest BCUT2D eigenvalue weighted by atomic mass is 10.2. The SMILES string of the molecule is O=C(CCCc1nc2ccccc2s1)N1CCN(Cc2ccccc2)CC1. The topological polar surface area (TPSA) is 36.4 Å². The highest BCUT2D eigenvalue weighted by Gasteiger charge is 2.20. The summed E-state index contributed by atoms with van der Waals surface area (Å²) >= 11 is 1.74. The average molecular weight is 380 g/mol. The molecule has 140 valence electrons. The van der Waals surface area contributed by atoms with Gasteiger partial charge in [-0.15, -0.1) is 11.3 Å². The molecule has 1 fully saturated rings. The number of amides is 1. The standard InChI is InChI=1S/C22H25N3OS/c26-22(12-6-11-21-23-19-9-4-5-10-20(19)27-21)25-15-13-24(14-16-25)17-18-7-2-1-3-8-18/h1-5,7-10H,6,11-17H2. The van der Waals surface area contributed by atoms with E-state index < -0.39 is 0 Å². The lowest BCUT2D eigenvalue weighted by molar-refractivity contribution is -0.133. The van der Waals surface area contributed by atoms with Gasteiger partial charge in [-0.25, -0.2) is 4.98 Å². The Kier molecular flexibility index (Phi) is 5.80. The first-order chi connectivity index (χ1) is 13.3. The smallest absolute Gasteiger partial charge is 0.222 e. The molecule has 0 spiro atoms. The second-order valence-electron chi connectivity index (χ2n) is 7.07. The first-order valence-corrected chi connectivity index (χ1v) is 10.5. The minimum absolute atomic E-state index is 0.287. The summed E-state index contributed by atoms with van der Waals surface area (Å²) in [5, 5.41) is 1.14. The Labute approximate surface area is 164 Å². The average Bonchev–Trinajstić information content (AvgIpc) is 3.12. The van der Waals surface area contributed by atoms with Gasteiger partial charge < -0.3 is 4.90 Å². The molecular formula is C22H25N3OS. The Morgan fingerprint density at radius 3 is 2.48 bits per heavy atom. The number of rotatable bonds is 6. The number of carbonyl (C=O) groups excluding carboxylic acids is 1. The van der Waals surface area contributed by atoms with Crippen molar-refractivity contribution in [2.45, 2.75) is 25.8 Å². The highest BCUT2D eigenvalue weighted by atomic mass is 32.1. The van der Waals surface area contributed by atoms with Crippen molar-refractivity contribution in [3.05, 3.63) is 65.2 Å². The molecule has 3 aromatic rings. The summed E-state index contributed by atoms with van der Waals surface area (Å²) in [6, 6.07) is 18.8. The third-order valence-electron chi connectivity index (χ3n) is 5.09. The summed E-state index contributed by atoms with van der Waals surface area (Å²) in [4.78, 5) is 21.6. The van der Waals surface area contributed by atoms with Gasteiger partial charge >= 0.3 is 0 Å². The van der Waals surface area contributed by atoms with Crippen LogP contribution in [0.3, 0.4) is 0 Å². The van der Waals surface area contributed by atoms with Gasteiger partial charge in [0.2, 0.25) is 5.91 Å². The molecule has 0 saturated carbocycles. The number of hydrogen-bond donors (Lipinski definition) is 0. The van der Waals surface area contributed by atoms with E-state index >= 15 is 0 Å². The zero-order valence-electron chi connectivity index (χ0n) is 15.5. The lowest BCUT2D eigenvalue weighted by Crippen LogP contribution is -2.48. The number of aromatic nitrogens is 1. The first kappa shape index (κ1) is 18.1. The molecule has 0 N–H and O–H groups in total. The van der Waals surface area contributed by atoms with E-state index in [2.05, 4.69) is 52.3 Å². The van der Waals surface area contributed by atoms with Crippen LogP contribution in [0.15, 0.2) is 54.6 Å². The van der Waals surface area contributed by atoms with E-state index in [0.29, 0.717) is 6.42 Å². The molecule has 0 bridgehead atoms. The molecule has 0 radical (unpaired) electrons. The van der Waals surface area contributed by atoms with Crippen molar-refractivity contribution >= 4 is 27.5 Å². The van der Waals surface area contributed by atoms with Crippen LogP contribution in [0.25, 0.3) is 10.2 Å². The van der Waals surface area contributed by atoms with Crippen LogP contribution in [0, 0.1) is 0 Å². The highest BCUT2D eigenvalue weighted by molar-refractivity contribution is 7.18. The normalized spacial score (nSPS) is 15.3. The van der Waals surface area contributed by atoms with Crippen molar-refractivity contribution in [1.82, 2.24) is 14.8 Å². The molecule has 2 heterocycles. The van der Waals surface area contributed by atoms with Crippen molar-refractivity contribution in [2.24, 2.45) is 0 Å². The van der Waals surface area contributed by atoms with E-state index in [9.17, 15) is 4.79 Å². The van der Waals surface area contributed by atoms with E-state index in [4.69, 9.17) is 0 Å². The Balaban J connectivity index is 1.20. The molecule has 0 atom stereocenters. The minimum atomic E-state index is 0.287. The minimum Gasteiger partial charge on any atom is -0.340 e. The molecule has 1 aliphatic rings. The molecule has 4 nitrogen and oxygen atoms in total. The van der Waals surface area contributed by atoms with Crippen LogP contribution >= 0.6 is 11.3 Å². The second-order valence-corrected chi connectivity index (χ2v) is 8.19. The Morgan fingerprint density at radius 2 is 1.70 bits per heavy atom. The van der Waals surface area contributed by atoms with Crippen LogP contribution in [-0.4, -0.2) is 46.9 Å². The van der Waals surface area contributed by atoms with Crippen LogP contribution in [0.5, 0.6) is 0 Å². The maximum absolute atomic E-state index is 12.5. The zero-order chi connectivity index (χ0) is 18.5. The molecule has 1 aromatic heterocycles. The van der Waals surface area contributed by atoms with Crippen LogP contribution in [-0.2, 0) is 17.8 Å². The summed E-state index contributed by atoms with van der Waals surface area (Å²) in [6.45, 7) is 4.57. The van der Waals surface area contributed by atoms with E-state index in [0.717, 1.165) is 56.1 Å². The first-order valence-electron chi connectivity index (χ1n) is 9.66. The van der Waals surface area contributed by atoms with Gasteiger partial charge in [0.05, 0.1) is 15.2 Å². The van der Waals surface area contributed by atoms with E-state index in [-0.39, 0.29) is 5.91 Å². The molecule has 1 aliphatic heterocycles. The zero-order valence-corrected chi connectivity index (χ0v) is 16.3. The fraction of sp³-hybridized carbons (Fsp3) is 0.364. The van der Waals surface area contributed by atoms with Crippen molar-refractivity contribution < 1.29 is 4.79 Å². The molecule has 1 amide bonds. The Hall–Kier alpha value is -2.24. The number of carbonyl (C=O) groups is 1. The van der Waals surface area contributed by atoms with Gasteiger partial charge in [-0.3, -0.25) is 9.69 Å². The maximum atomic E-state index is 12.5. The van der Waals surface area contributed by atoms with E-state index in [1.807, 2.05) is 17.0 Å². The summed E-state index contributed by atoms with van der Waals surface area (Å²) in [5.74, 6) is 0.287. The number of fused-ring (bicyclic) bond motifs is 1.